The van der Waals surface area contributed by atoms with Gasteiger partial charge in [-0.05, 0) is 19.4 Å². The van der Waals surface area contributed by atoms with Gasteiger partial charge in [-0.2, -0.15) is 5.10 Å². The maximum atomic E-state index is 12.2. The minimum atomic E-state index is -0.146. The SMILES string of the molecule is C/C(=N/NC(=O)Cc1nc(C)cs1)[C@H](c1ccccc1)N1CCOCC1. The largest absolute Gasteiger partial charge is 0.379 e. The second-order valence-electron chi connectivity index (χ2n) is 6.31. The molecule has 3 rings (SSSR count). The predicted molar refractivity (Wildman–Crippen MR) is 103 cm³/mol. The Balaban J connectivity index is 1.70. The van der Waals surface area contributed by atoms with Crippen molar-refractivity contribution in [3.63, 3.8) is 0 Å². The summed E-state index contributed by atoms with van der Waals surface area (Å²) >= 11 is 1.50. The molecule has 1 aliphatic rings. The fraction of sp³-hybridized carbons (Fsp3) is 0.421. The molecule has 1 aromatic heterocycles. The molecule has 7 heteroatoms. The van der Waals surface area contributed by atoms with E-state index >= 15 is 0 Å². The Morgan fingerprint density at radius 2 is 2.08 bits per heavy atom. The number of hydrazone groups is 1. The number of aryl methyl sites for hydroxylation is 1. The van der Waals surface area contributed by atoms with Crippen molar-refractivity contribution in [3.05, 3.63) is 52.0 Å². The summed E-state index contributed by atoms with van der Waals surface area (Å²) in [5.41, 5.74) is 5.66. The minimum Gasteiger partial charge on any atom is -0.379 e. The van der Waals surface area contributed by atoms with Crippen molar-refractivity contribution in [2.75, 3.05) is 26.3 Å². The third-order valence-electron chi connectivity index (χ3n) is 4.26. The Labute approximate surface area is 157 Å². The molecule has 0 saturated carbocycles. The van der Waals surface area contributed by atoms with Crippen LogP contribution < -0.4 is 5.43 Å². The second-order valence-corrected chi connectivity index (χ2v) is 7.25. The lowest BCUT2D eigenvalue weighted by Crippen LogP contribution is -2.42. The number of morpholine rings is 1. The average Bonchev–Trinajstić information content (AvgIpc) is 3.07. The van der Waals surface area contributed by atoms with E-state index in [0.717, 1.165) is 29.5 Å². The third-order valence-corrected chi connectivity index (χ3v) is 5.22. The summed E-state index contributed by atoms with van der Waals surface area (Å²) in [7, 11) is 0. The molecule has 1 aliphatic heterocycles. The molecule has 6 nitrogen and oxygen atoms in total. The Morgan fingerprint density at radius 3 is 2.73 bits per heavy atom. The van der Waals surface area contributed by atoms with Gasteiger partial charge in [0.2, 0.25) is 5.91 Å². The van der Waals surface area contributed by atoms with Gasteiger partial charge < -0.3 is 4.74 Å². The number of carbonyl (C=O) groups excluding carboxylic acids is 1. The highest BCUT2D eigenvalue weighted by molar-refractivity contribution is 7.09. The number of hydrogen-bond acceptors (Lipinski definition) is 6. The van der Waals surface area contributed by atoms with Crippen LogP contribution in [-0.4, -0.2) is 47.8 Å². The summed E-state index contributed by atoms with van der Waals surface area (Å²) in [6.45, 7) is 7.00. The first kappa shape index (κ1) is 18.7. The van der Waals surface area contributed by atoms with E-state index in [-0.39, 0.29) is 18.4 Å². The van der Waals surface area contributed by atoms with Crippen LogP contribution in [0.15, 0.2) is 40.8 Å². The van der Waals surface area contributed by atoms with Crippen LogP contribution in [0.4, 0.5) is 0 Å². The Bertz CT molecular complexity index is 754. The number of carbonyl (C=O) groups is 1. The molecule has 0 radical (unpaired) electrons. The molecule has 0 spiro atoms. The third kappa shape index (κ3) is 4.97. The zero-order valence-electron chi connectivity index (χ0n) is 15.1. The fourth-order valence-electron chi connectivity index (χ4n) is 3.06. The molecule has 1 aromatic carbocycles. The van der Waals surface area contributed by atoms with Crippen molar-refractivity contribution >= 4 is 23.0 Å². The van der Waals surface area contributed by atoms with E-state index in [2.05, 4.69) is 32.5 Å². The summed E-state index contributed by atoms with van der Waals surface area (Å²) in [5, 5.41) is 7.14. The van der Waals surface area contributed by atoms with E-state index in [1.165, 1.54) is 16.9 Å². The lowest BCUT2D eigenvalue weighted by Gasteiger charge is -2.34. The van der Waals surface area contributed by atoms with Crippen LogP contribution >= 0.6 is 11.3 Å². The van der Waals surface area contributed by atoms with Gasteiger partial charge in [0.15, 0.2) is 0 Å². The fourth-order valence-corrected chi connectivity index (χ4v) is 3.83. The summed E-state index contributed by atoms with van der Waals surface area (Å²) in [5.74, 6) is -0.146. The molecule has 1 atom stereocenters. The number of ether oxygens (including phenoxy) is 1. The molecule has 138 valence electrons. The monoisotopic (exact) mass is 372 g/mol. The number of benzene rings is 1. The van der Waals surface area contributed by atoms with Gasteiger partial charge in [0, 0.05) is 24.2 Å². The number of hydrogen-bond donors (Lipinski definition) is 1. The average molecular weight is 372 g/mol. The Kier molecular flexibility index (Phi) is 6.49. The maximum absolute atomic E-state index is 12.2. The predicted octanol–water partition coefficient (Wildman–Crippen LogP) is 2.56. The molecular formula is C19H24N4O2S. The molecule has 2 heterocycles. The Morgan fingerprint density at radius 1 is 1.35 bits per heavy atom. The number of amides is 1. The zero-order valence-corrected chi connectivity index (χ0v) is 16.0. The van der Waals surface area contributed by atoms with E-state index in [1.54, 1.807) is 0 Å². The van der Waals surface area contributed by atoms with Crippen LogP contribution in [-0.2, 0) is 16.0 Å². The highest BCUT2D eigenvalue weighted by Gasteiger charge is 2.25. The van der Waals surface area contributed by atoms with Crippen LogP contribution in [0.25, 0.3) is 0 Å². The van der Waals surface area contributed by atoms with Gasteiger partial charge in [-0.3, -0.25) is 9.69 Å². The number of nitrogens with zero attached hydrogens (tertiary/aromatic N) is 3. The number of nitrogens with one attached hydrogen (secondary N) is 1. The number of rotatable bonds is 6. The van der Waals surface area contributed by atoms with Crippen molar-refractivity contribution in [2.45, 2.75) is 26.3 Å². The molecule has 2 aromatic rings. The topological polar surface area (TPSA) is 66.8 Å². The van der Waals surface area contributed by atoms with Crippen LogP contribution in [0.3, 0.4) is 0 Å². The van der Waals surface area contributed by atoms with Crippen molar-refractivity contribution in [1.29, 1.82) is 0 Å². The molecule has 1 N–H and O–H groups in total. The summed E-state index contributed by atoms with van der Waals surface area (Å²) in [6, 6.07) is 10.3. The van der Waals surface area contributed by atoms with E-state index < -0.39 is 0 Å². The van der Waals surface area contributed by atoms with Gasteiger partial charge >= 0.3 is 0 Å². The minimum absolute atomic E-state index is 0.0301. The van der Waals surface area contributed by atoms with Gasteiger partial charge in [-0.1, -0.05) is 30.3 Å². The molecule has 0 aliphatic carbocycles. The van der Waals surface area contributed by atoms with Crippen LogP contribution in [0.1, 0.15) is 29.2 Å². The van der Waals surface area contributed by atoms with Crippen molar-refractivity contribution in [2.24, 2.45) is 5.10 Å². The van der Waals surface area contributed by atoms with Gasteiger partial charge in [0.1, 0.15) is 5.01 Å². The van der Waals surface area contributed by atoms with Crippen molar-refractivity contribution in [1.82, 2.24) is 15.3 Å². The molecular weight excluding hydrogens is 348 g/mol. The number of aromatic nitrogens is 1. The van der Waals surface area contributed by atoms with Crippen LogP contribution in [0.2, 0.25) is 0 Å². The first-order valence-electron chi connectivity index (χ1n) is 8.74. The molecule has 1 fully saturated rings. The zero-order chi connectivity index (χ0) is 18.4. The first-order chi connectivity index (χ1) is 12.6. The van der Waals surface area contributed by atoms with E-state index in [9.17, 15) is 4.79 Å². The maximum Gasteiger partial charge on any atom is 0.246 e. The highest BCUT2D eigenvalue weighted by Crippen LogP contribution is 2.23. The quantitative estimate of drug-likeness (QED) is 0.625. The van der Waals surface area contributed by atoms with Gasteiger partial charge in [0.05, 0.1) is 31.4 Å². The first-order valence-corrected chi connectivity index (χ1v) is 9.62. The summed E-state index contributed by atoms with van der Waals surface area (Å²) in [4.78, 5) is 18.8. The van der Waals surface area contributed by atoms with Crippen molar-refractivity contribution in [3.8, 4) is 0 Å². The van der Waals surface area contributed by atoms with Gasteiger partial charge in [0.25, 0.3) is 0 Å². The lowest BCUT2D eigenvalue weighted by molar-refractivity contribution is -0.120. The van der Waals surface area contributed by atoms with Crippen LogP contribution in [0.5, 0.6) is 0 Å². The molecule has 1 amide bonds. The molecule has 26 heavy (non-hydrogen) atoms. The highest BCUT2D eigenvalue weighted by atomic mass is 32.1. The smallest absolute Gasteiger partial charge is 0.246 e. The molecule has 1 saturated heterocycles. The summed E-state index contributed by atoms with van der Waals surface area (Å²) in [6.07, 6.45) is 0.253. The van der Waals surface area contributed by atoms with Gasteiger partial charge in [-0.15, -0.1) is 11.3 Å². The Hall–Kier alpha value is -2.09. The lowest BCUT2D eigenvalue weighted by atomic mass is 10.0. The number of thiazole rings is 1. The van der Waals surface area contributed by atoms with E-state index in [4.69, 9.17) is 4.74 Å². The standard InChI is InChI=1S/C19H24N4O2S/c1-14-13-26-18(20-14)12-17(24)22-21-15(2)19(16-6-4-3-5-7-16)23-8-10-25-11-9-23/h3-7,13,19H,8-12H2,1-2H3,(H,22,24)/b21-15-/t19-/m1/s1. The van der Waals surface area contributed by atoms with Crippen molar-refractivity contribution < 1.29 is 9.53 Å². The van der Waals surface area contributed by atoms with E-state index in [1.807, 2.05) is 37.4 Å². The summed E-state index contributed by atoms with van der Waals surface area (Å²) < 4.78 is 5.47. The normalized spacial score (nSPS) is 17.1. The second kappa shape index (κ2) is 9.02. The molecule has 0 bridgehead atoms. The van der Waals surface area contributed by atoms with Gasteiger partial charge in [-0.25, -0.2) is 10.4 Å². The molecule has 0 unspecified atom stereocenters. The van der Waals surface area contributed by atoms with E-state index in [0.29, 0.717) is 13.2 Å². The van der Waals surface area contributed by atoms with Crippen LogP contribution in [0, 0.1) is 6.92 Å².